The van der Waals surface area contributed by atoms with E-state index in [0.717, 1.165) is 27.2 Å². The van der Waals surface area contributed by atoms with Crippen LogP contribution in [0.15, 0.2) is 140 Å². The first-order valence-corrected chi connectivity index (χ1v) is 32.8. The Morgan fingerprint density at radius 2 is 0.701 bits per heavy atom. The van der Waals surface area contributed by atoms with Crippen LogP contribution in [0, 0.1) is 58.8 Å². The number of benzene rings is 6. The number of hydrogen-bond acceptors (Lipinski definition) is 12. The van der Waals surface area contributed by atoms with Gasteiger partial charge in [0.05, 0.1) is 37.6 Å². The molecule has 3 aliphatic rings. The van der Waals surface area contributed by atoms with Gasteiger partial charge in [0.2, 0.25) is 17.7 Å². The van der Waals surface area contributed by atoms with Crippen LogP contribution in [0.4, 0.5) is 34.6 Å². The highest BCUT2D eigenvalue weighted by Crippen LogP contribution is 2.37. The Bertz CT molecular complexity index is 3690. The molecule has 516 valence electrons. The molecule has 9 rings (SSSR count). The van der Waals surface area contributed by atoms with Gasteiger partial charge in [0, 0.05) is 34.8 Å². The van der Waals surface area contributed by atoms with Crippen LogP contribution in [0.1, 0.15) is 112 Å². The van der Waals surface area contributed by atoms with Gasteiger partial charge in [0.1, 0.15) is 42.9 Å². The highest BCUT2D eigenvalue weighted by molar-refractivity contribution is 6.02. The first-order valence-electron chi connectivity index (χ1n) is 32.8. The molecule has 3 N–H and O–H groups in total. The number of halogens is 4. The van der Waals surface area contributed by atoms with Gasteiger partial charge in [-0.1, -0.05) is 72.8 Å². The first kappa shape index (κ1) is 74.7. The number of aliphatic carboxylic acids is 3. The van der Waals surface area contributed by atoms with Gasteiger partial charge in [0.25, 0.3) is 0 Å². The van der Waals surface area contributed by atoms with E-state index in [1.165, 1.54) is 70.5 Å². The van der Waals surface area contributed by atoms with E-state index in [1.54, 1.807) is 57.2 Å². The zero-order chi connectivity index (χ0) is 70.1. The lowest BCUT2D eigenvalue weighted by Gasteiger charge is -2.26. The summed E-state index contributed by atoms with van der Waals surface area (Å²) in [5, 5.41) is 28.1. The number of aryl methyl sites for hydroxylation is 6. The molecule has 22 heteroatoms. The number of carbonyl (C=O) groups excluding carboxylic acids is 6. The molecule has 3 aliphatic heterocycles. The van der Waals surface area contributed by atoms with E-state index >= 15 is 0 Å². The standard InChI is InChI=1S/C25H27F2NO5.2C25H28FNO5/c1-2-33-25(32)19(6-3-16-4-9-20(26)10-5-16)13-18-8-7-17-14-21(27)11-12-22(17)28(24(18)31)15-23(29)30;1-2-32-25(31)20(10-7-17-8-13-21(26)14-9-17)15-19-12-11-18-5-3-4-6-22(18)27(24(19)30)16-23(28)29;1-2-32-25(31)20(9-8-17-6-4-3-5-7-17)14-19-11-10-18-15-21(26)12-13-22(18)27(24(19)30)16-23(28)29/h4-5,9-12,14,18-19H,2-3,6-8,13,15H2,1H3,(H,29,30);3-6,8-9,13-14,19-20H,2,7,10-12,15-16H2,1H3,(H,28,29);3-7,12-13,15,19-20H,2,8-11,14,16H2,1H3,(H,28,29)/t18-,19?;2*19-,20?/m111/s1. The topological polar surface area (TPSA) is 252 Å². The molecule has 6 aromatic rings. The fourth-order valence-corrected chi connectivity index (χ4v) is 12.7. The molecule has 6 atom stereocenters. The summed E-state index contributed by atoms with van der Waals surface area (Å²) in [6.07, 6.45) is 6.53. The molecular formula is C75H83F4N3O15. The number of carboxylic acid groups (broad SMARTS) is 3. The summed E-state index contributed by atoms with van der Waals surface area (Å²) in [6, 6.07) is 37.1. The fourth-order valence-electron chi connectivity index (χ4n) is 12.7. The minimum atomic E-state index is -1.18. The summed E-state index contributed by atoms with van der Waals surface area (Å²) in [4.78, 5) is 116. The van der Waals surface area contributed by atoms with E-state index in [0.29, 0.717) is 105 Å². The molecule has 0 saturated heterocycles. The molecule has 0 bridgehead atoms. The van der Waals surface area contributed by atoms with Crippen molar-refractivity contribution in [2.45, 2.75) is 117 Å². The number of nitrogens with zero attached hydrogens (tertiary/aromatic N) is 3. The van der Waals surface area contributed by atoms with Gasteiger partial charge in [-0.05, 0) is 217 Å². The van der Waals surface area contributed by atoms with Gasteiger partial charge in [-0.15, -0.1) is 0 Å². The second kappa shape index (κ2) is 37.0. The van der Waals surface area contributed by atoms with Crippen molar-refractivity contribution in [2.24, 2.45) is 35.5 Å². The molecule has 3 amide bonds. The number of anilines is 3. The van der Waals surface area contributed by atoms with E-state index in [9.17, 15) is 76.0 Å². The van der Waals surface area contributed by atoms with Crippen molar-refractivity contribution in [3.63, 3.8) is 0 Å². The number of esters is 3. The molecule has 3 heterocycles. The van der Waals surface area contributed by atoms with Crippen LogP contribution in [0.2, 0.25) is 0 Å². The highest BCUT2D eigenvalue weighted by atomic mass is 19.1. The fraction of sp³-hybridized carbons (Fsp3) is 0.400. The van der Waals surface area contributed by atoms with Crippen LogP contribution in [0.5, 0.6) is 0 Å². The van der Waals surface area contributed by atoms with Crippen molar-refractivity contribution in [1.29, 1.82) is 0 Å². The van der Waals surface area contributed by atoms with Crippen LogP contribution in [0.25, 0.3) is 0 Å². The van der Waals surface area contributed by atoms with Crippen LogP contribution < -0.4 is 14.7 Å². The number of carboxylic acids is 3. The Hall–Kier alpha value is -9.73. The van der Waals surface area contributed by atoms with Crippen molar-refractivity contribution in [2.75, 3.05) is 54.2 Å². The first-order chi connectivity index (χ1) is 46.5. The Balaban J connectivity index is 0.000000205. The summed E-state index contributed by atoms with van der Waals surface area (Å²) in [7, 11) is 0. The average Bonchev–Trinajstić information content (AvgIpc) is 1.72. The third-order valence-corrected chi connectivity index (χ3v) is 17.5. The third kappa shape index (κ3) is 22.2. The minimum Gasteiger partial charge on any atom is -0.480 e. The molecule has 0 aliphatic carbocycles. The number of carbonyl (C=O) groups is 9. The zero-order valence-corrected chi connectivity index (χ0v) is 54.7. The maximum Gasteiger partial charge on any atom is 0.323 e. The lowest BCUT2D eigenvalue weighted by Crippen LogP contribution is -2.40. The van der Waals surface area contributed by atoms with Gasteiger partial charge in [0.15, 0.2) is 0 Å². The molecular weight excluding hydrogens is 1260 g/mol. The maximum absolute atomic E-state index is 13.8. The van der Waals surface area contributed by atoms with Gasteiger partial charge in [-0.3, -0.25) is 43.2 Å². The van der Waals surface area contributed by atoms with E-state index < -0.39 is 96.6 Å². The molecule has 6 aromatic carbocycles. The van der Waals surface area contributed by atoms with Crippen molar-refractivity contribution in [3.8, 4) is 0 Å². The summed E-state index contributed by atoms with van der Waals surface area (Å²) in [5.74, 6) is -10.4. The summed E-state index contributed by atoms with van der Waals surface area (Å²) in [6.45, 7) is 4.36. The Kier molecular flexibility index (Phi) is 28.5. The Labute approximate surface area is 561 Å². The highest BCUT2D eigenvalue weighted by Gasteiger charge is 2.39. The predicted molar refractivity (Wildman–Crippen MR) is 353 cm³/mol. The number of rotatable bonds is 27. The number of fused-ring (bicyclic) bond motifs is 3. The third-order valence-electron chi connectivity index (χ3n) is 17.5. The van der Waals surface area contributed by atoms with E-state index in [-0.39, 0.29) is 74.5 Å². The normalized spacial score (nSPS) is 16.7. The van der Waals surface area contributed by atoms with Crippen LogP contribution in [-0.2, 0) is 95.9 Å². The lowest BCUT2D eigenvalue weighted by atomic mass is 9.86. The quantitative estimate of drug-likeness (QED) is 0.0246. The molecule has 0 saturated carbocycles. The largest absolute Gasteiger partial charge is 0.480 e. The summed E-state index contributed by atoms with van der Waals surface area (Å²) in [5.41, 5.74) is 6.32. The summed E-state index contributed by atoms with van der Waals surface area (Å²) >= 11 is 0. The molecule has 0 spiro atoms. The molecule has 0 radical (unpaired) electrons. The van der Waals surface area contributed by atoms with E-state index in [2.05, 4.69) is 0 Å². The molecule has 0 aromatic heterocycles. The van der Waals surface area contributed by atoms with Crippen molar-refractivity contribution in [1.82, 2.24) is 0 Å². The van der Waals surface area contributed by atoms with Crippen LogP contribution in [-0.4, -0.2) is 108 Å². The second-order valence-corrected chi connectivity index (χ2v) is 24.2. The number of amides is 3. The Morgan fingerprint density at radius 3 is 1.04 bits per heavy atom. The second-order valence-electron chi connectivity index (χ2n) is 24.2. The van der Waals surface area contributed by atoms with Gasteiger partial charge >= 0.3 is 35.8 Å². The lowest BCUT2D eigenvalue weighted by molar-refractivity contribution is -0.150. The average molecular weight is 1340 g/mol. The van der Waals surface area contributed by atoms with Crippen molar-refractivity contribution >= 4 is 70.6 Å². The summed E-state index contributed by atoms with van der Waals surface area (Å²) < 4.78 is 69.7. The molecule has 18 nitrogen and oxygen atoms in total. The zero-order valence-electron chi connectivity index (χ0n) is 54.7. The smallest absolute Gasteiger partial charge is 0.323 e. The van der Waals surface area contributed by atoms with Crippen molar-refractivity contribution in [3.05, 3.63) is 196 Å². The van der Waals surface area contributed by atoms with E-state index in [4.69, 9.17) is 14.2 Å². The molecule has 0 fully saturated rings. The predicted octanol–water partition coefficient (Wildman–Crippen LogP) is 12.2. The SMILES string of the molecule is CCOC(=O)C(CCc1ccc(F)cc1)C[C@H]1CCc2cc(F)ccc2N(CC(=O)O)C1=O.CCOC(=O)C(CCc1ccc(F)cc1)C[C@H]1CCc2ccccc2N(CC(=O)O)C1=O.CCOC(=O)C(CCc1ccccc1)C[C@H]1CCc2cc(F)ccc2N(CC(=O)O)C1=O. The number of para-hydroxylation sites is 1. The van der Waals surface area contributed by atoms with Crippen molar-refractivity contribution < 1.29 is 90.2 Å². The van der Waals surface area contributed by atoms with E-state index in [1.807, 2.05) is 42.5 Å². The van der Waals surface area contributed by atoms with Gasteiger partial charge in [-0.25, -0.2) is 17.6 Å². The molecule has 3 unspecified atom stereocenters. The van der Waals surface area contributed by atoms with Crippen LogP contribution >= 0.6 is 0 Å². The minimum absolute atomic E-state index is 0.186. The number of ether oxygens (including phenoxy) is 3. The van der Waals surface area contributed by atoms with Gasteiger partial charge in [-0.2, -0.15) is 0 Å². The Morgan fingerprint density at radius 1 is 0.402 bits per heavy atom. The van der Waals surface area contributed by atoms with Crippen LogP contribution in [0.3, 0.4) is 0 Å². The number of hydrogen-bond donors (Lipinski definition) is 3. The van der Waals surface area contributed by atoms with Gasteiger partial charge < -0.3 is 44.2 Å². The maximum atomic E-state index is 13.8. The monoisotopic (exact) mass is 1340 g/mol. The molecule has 97 heavy (non-hydrogen) atoms.